The van der Waals surface area contributed by atoms with Crippen LogP contribution >= 0.6 is 24.2 Å². The third kappa shape index (κ3) is 3.23. The third-order valence-electron chi connectivity index (χ3n) is 4.78. The highest BCUT2D eigenvalue weighted by Gasteiger charge is 2.52. The Morgan fingerprint density at radius 2 is 1.83 bits per heavy atom. The Balaban J connectivity index is 1.98. The lowest BCUT2D eigenvalue weighted by Gasteiger charge is -2.32. The van der Waals surface area contributed by atoms with Gasteiger partial charge in [0.25, 0.3) is 0 Å². The quantitative estimate of drug-likeness (QED) is 0.482. The SMILES string of the molecule is CC1(C)OB(C(=Cc2cc3ccccc3nc2Cl)CS)OC1(C)C. The number of halogens is 1. The second-order valence-electron chi connectivity index (χ2n) is 7.03. The minimum atomic E-state index is -0.435. The smallest absolute Gasteiger partial charge is 0.400 e. The second-order valence-corrected chi connectivity index (χ2v) is 7.70. The van der Waals surface area contributed by atoms with Crippen LogP contribution in [0.15, 0.2) is 35.8 Å². The van der Waals surface area contributed by atoms with Crippen LogP contribution in [0.3, 0.4) is 0 Å². The number of para-hydroxylation sites is 1. The van der Waals surface area contributed by atoms with Gasteiger partial charge in [-0.05, 0) is 45.3 Å². The van der Waals surface area contributed by atoms with Crippen molar-refractivity contribution in [2.45, 2.75) is 38.9 Å². The molecule has 1 aliphatic heterocycles. The molecule has 0 unspecified atom stereocenters. The van der Waals surface area contributed by atoms with Crippen molar-refractivity contribution in [3.05, 3.63) is 46.5 Å². The zero-order valence-electron chi connectivity index (χ0n) is 14.3. The second kappa shape index (κ2) is 6.38. The highest BCUT2D eigenvalue weighted by molar-refractivity contribution is 7.80. The summed E-state index contributed by atoms with van der Waals surface area (Å²) >= 11 is 10.8. The summed E-state index contributed by atoms with van der Waals surface area (Å²) in [6.07, 6.45) is 1.97. The molecule has 1 aliphatic rings. The molecule has 0 N–H and O–H groups in total. The molecular weight excluding hydrogens is 341 g/mol. The van der Waals surface area contributed by atoms with E-state index in [0.717, 1.165) is 21.9 Å². The van der Waals surface area contributed by atoms with Gasteiger partial charge in [0.2, 0.25) is 0 Å². The summed E-state index contributed by atoms with van der Waals surface area (Å²) in [6, 6.07) is 9.93. The summed E-state index contributed by atoms with van der Waals surface area (Å²) in [5, 5.41) is 1.50. The molecule has 2 heterocycles. The molecule has 126 valence electrons. The zero-order valence-corrected chi connectivity index (χ0v) is 16.0. The maximum Gasteiger partial charge on any atom is 0.491 e. The van der Waals surface area contributed by atoms with E-state index in [9.17, 15) is 0 Å². The molecule has 2 aromatic rings. The summed E-state index contributed by atoms with van der Waals surface area (Å²) in [5.41, 5.74) is 1.88. The maximum atomic E-state index is 6.36. The van der Waals surface area contributed by atoms with Crippen molar-refractivity contribution < 1.29 is 9.31 Å². The fourth-order valence-electron chi connectivity index (χ4n) is 2.59. The number of benzene rings is 1. The Hall–Kier alpha value is -1.01. The van der Waals surface area contributed by atoms with Crippen LogP contribution in [0.4, 0.5) is 0 Å². The molecule has 1 aromatic carbocycles. The van der Waals surface area contributed by atoms with Gasteiger partial charge in [0.1, 0.15) is 5.15 Å². The van der Waals surface area contributed by atoms with Gasteiger partial charge in [-0.15, -0.1) is 0 Å². The number of thiol groups is 1. The van der Waals surface area contributed by atoms with E-state index in [0.29, 0.717) is 10.9 Å². The van der Waals surface area contributed by atoms with Gasteiger partial charge < -0.3 is 9.31 Å². The average molecular weight is 362 g/mol. The fraction of sp³-hybridized carbons (Fsp3) is 0.389. The number of hydrogen-bond donors (Lipinski definition) is 1. The molecule has 1 fully saturated rings. The van der Waals surface area contributed by atoms with E-state index in [1.165, 1.54) is 0 Å². The Morgan fingerprint density at radius 3 is 2.46 bits per heavy atom. The first-order valence-corrected chi connectivity index (χ1v) is 8.97. The van der Waals surface area contributed by atoms with E-state index in [2.05, 4.69) is 17.6 Å². The number of pyridine rings is 1. The van der Waals surface area contributed by atoms with Gasteiger partial charge in [0.15, 0.2) is 0 Å². The normalized spacial score (nSPS) is 19.9. The van der Waals surface area contributed by atoms with Crippen molar-refractivity contribution in [2.75, 3.05) is 5.75 Å². The summed E-state index contributed by atoms with van der Waals surface area (Å²) in [6.45, 7) is 8.14. The molecule has 0 atom stereocenters. The van der Waals surface area contributed by atoms with Crippen molar-refractivity contribution in [2.24, 2.45) is 0 Å². The lowest BCUT2D eigenvalue weighted by atomic mass is 9.78. The summed E-state index contributed by atoms with van der Waals surface area (Å²) < 4.78 is 12.2. The Kier molecular flexibility index (Phi) is 4.73. The molecule has 0 amide bonds. The van der Waals surface area contributed by atoms with E-state index < -0.39 is 7.12 Å². The number of rotatable bonds is 3. The van der Waals surface area contributed by atoms with Gasteiger partial charge in [-0.2, -0.15) is 12.6 Å². The first-order valence-electron chi connectivity index (χ1n) is 7.96. The van der Waals surface area contributed by atoms with E-state index in [4.69, 9.17) is 20.9 Å². The average Bonchev–Trinajstić information content (AvgIpc) is 2.73. The minimum Gasteiger partial charge on any atom is -0.400 e. The van der Waals surface area contributed by atoms with Gasteiger partial charge in [-0.1, -0.05) is 35.9 Å². The molecule has 0 saturated carbocycles. The molecule has 0 bridgehead atoms. The molecule has 1 aromatic heterocycles. The van der Waals surface area contributed by atoms with Crippen molar-refractivity contribution >= 4 is 48.3 Å². The van der Waals surface area contributed by atoms with Crippen molar-refractivity contribution in [1.29, 1.82) is 0 Å². The van der Waals surface area contributed by atoms with E-state index in [1.54, 1.807) is 0 Å². The molecule has 0 aliphatic carbocycles. The van der Waals surface area contributed by atoms with Gasteiger partial charge in [0, 0.05) is 16.7 Å². The molecule has 24 heavy (non-hydrogen) atoms. The first kappa shape index (κ1) is 17.8. The van der Waals surface area contributed by atoms with Gasteiger partial charge in [-0.25, -0.2) is 4.98 Å². The predicted octanol–water partition coefficient (Wildman–Crippen LogP) is 4.83. The van der Waals surface area contributed by atoms with Crippen LogP contribution in [0.5, 0.6) is 0 Å². The van der Waals surface area contributed by atoms with Crippen molar-refractivity contribution in [1.82, 2.24) is 4.98 Å². The van der Waals surface area contributed by atoms with Crippen molar-refractivity contribution in [3.63, 3.8) is 0 Å². The topological polar surface area (TPSA) is 31.4 Å². The molecule has 6 heteroatoms. The van der Waals surface area contributed by atoms with Gasteiger partial charge in [-0.3, -0.25) is 0 Å². The molecule has 3 rings (SSSR count). The van der Waals surface area contributed by atoms with E-state index in [1.807, 2.05) is 64.1 Å². The highest BCUT2D eigenvalue weighted by Crippen LogP contribution is 2.39. The summed E-state index contributed by atoms with van der Waals surface area (Å²) in [4.78, 5) is 4.46. The number of hydrogen-bond acceptors (Lipinski definition) is 4. The summed E-state index contributed by atoms with van der Waals surface area (Å²) in [5.74, 6) is 0.514. The molecular formula is C18H21BClNO2S. The monoisotopic (exact) mass is 361 g/mol. The maximum absolute atomic E-state index is 6.36. The number of fused-ring (bicyclic) bond motifs is 1. The number of aromatic nitrogens is 1. The molecule has 0 spiro atoms. The van der Waals surface area contributed by atoms with Gasteiger partial charge >= 0.3 is 7.12 Å². The zero-order chi connectivity index (χ0) is 17.5. The van der Waals surface area contributed by atoms with Crippen LogP contribution in [0.25, 0.3) is 17.0 Å². The lowest BCUT2D eigenvalue weighted by Crippen LogP contribution is -2.41. The predicted molar refractivity (Wildman–Crippen MR) is 105 cm³/mol. The van der Waals surface area contributed by atoms with Crippen LogP contribution in [0.1, 0.15) is 33.3 Å². The first-order chi connectivity index (χ1) is 11.2. The Bertz CT molecular complexity index is 791. The third-order valence-corrected chi connectivity index (χ3v) is 5.45. The van der Waals surface area contributed by atoms with Crippen LogP contribution in [-0.2, 0) is 9.31 Å². The lowest BCUT2D eigenvalue weighted by molar-refractivity contribution is 0.00578. The number of nitrogens with zero attached hydrogens (tertiary/aromatic N) is 1. The van der Waals surface area contributed by atoms with Crippen LogP contribution in [0, 0.1) is 0 Å². The van der Waals surface area contributed by atoms with Crippen LogP contribution in [0.2, 0.25) is 5.15 Å². The highest BCUT2D eigenvalue weighted by atomic mass is 35.5. The van der Waals surface area contributed by atoms with Crippen LogP contribution in [-0.4, -0.2) is 29.1 Å². The molecule has 1 saturated heterocycles. The van der Waals surface area contributed by atoms with E-state index >= 15 is 0 Å². The largest absolute Gasteiger partial charge is 0.491 e. The van der Waals surface area contributed by atoms with Gasteiger partial charge in [0.05, 0.1) is 16.7 Å². The van der Waals surface area contributed by atoms with Crippen LogP contribution < -0.4 is 0 Å². The Labute approximate surface area is 153 Å². The van der Waals surface area contributed by atoms with E-state index in [-0.39, 0.29) is 11.2 Å². The standard InChI is InChI=1S/C18H21BClNO2S/c1-17(2)18(3,4)23-19(22-17)14(11-24)10-13-9-12-7-5-6-8-15(12)21-16(13)20/h5-10,24H,11H2,1-4H3. The summed E-state index contributed by atoms with van der Waals surface area (Å²) in [7, 11) is -0.435. The minimum absolute atomic E-state index is 0.384. The molecule has 3 nitrogen and oxygen atoms in total. The van der Waals surface area contributed by atoms with Crippen molar-refractivity contribution in [3.8, 4) is 0 Å². The Morgan fingerprint density at radius 1 is 1.21 bits per heavy atom. The fourth-order valence-corrected chi connectivity index (χ4v) is 3.03. The molecule has 0 radical (unpaired) electrons.